The van der Waals surface area contributed by atoms with Crippen molar-refractivity contribution in [2.75, 3.05) is 39.1 Å². The monoisotopic (exact) mass is 694 g/mol. The van der Waals surface area contributed by atoms with Crippen LogP contribution in [0.25, 0.3) is 5.57 Å². The van der Waals surface area contributed by atoms with Gasteiger partial charge in [-0.05, 0) is 72.1 Å². The average Bonchev–Trinajstić information content (AvgIpc) is 3.05. The number of benzene rings is 2. The zero-order chi connectivity index (χ0) is 34.6. The van der Waals surface area contributed by atoms with Gasteiger partial charge in [-0.3, -0.25) is 14.7 Å². The first-order valence-electron chi connectivity index (χ1n) is 15.7. The summed E-state index contributed by atoms with van der Waals surface area (Å²) in [6.07, 6.45) is 1.33. The van der Waals surface area contributed by atoms with Gasteiger partial charge in [0.25, 0.3) is 11.0 Å². The molecule has 48 heavy (non-hydrogen) atoms. The molecule has 2 aromatic carbocycles. The van der Waals surface area contributed by atoms with Crippen molar-refractivity contribution in [2.45, 2.75) is 50.8 Å². The lowest BCUT2D eigenvalue weighted by Crippen LogP contribution is -2.43. The van der Waals surface area contributed by atoms with Crippen LogP contribution in [0.5, 0.6) is 11.5 Å². The van der Waals surface area contributed by atoms with Crippen molar-refractivity contribution in [1.82, 2.24) is 9.88 Å². The molecule has 0 radical (unpaired) electrons. The Bertz CT molecular complexity index is 1690. The second-order valence-corrected chi connectivity index (χ2v) is 19.3. The number of aryl methyl sites for hydroxylation is 1. The fraction of sp³-hybridized carbons (Fsp3) is 0.361. The van der Waals surface area contributed by atoms with Gasteiger partial charge in [-0.1, -0.05) is 55.5 Å². The third-order valence-electron chi connectivity index (χ3n) is 8.15. The number of methoxy groups -OCH3 is 2. The van der Waals surface area contributed by atoms with Crippen molar-refractivity contribution in [2.24, 2.45) is 4.99 Å². The SMILES string of the molecule is COc1ccc(CN(Cc2ccc(OC)cc2)c2cc(C)cc(C3=CC4=NCN(COCC[Si](C)(C)C)C(=O)C4=C(F)C3(F)Cl)n2)cc1. The van der Waals surface area contributed by atoms with Gasteiger partial charge in [-0.2, -0.15) is 0 Å². The molecule has 0 fully saturated rings. The molecule has 1 aliphatic heterocycles. The van der Waals surface area contributed by atoms with E-state index in [-0.39, 0.29) is 30.4 Å². The number of hydrogen-bond donors (Lipinski definition) is 0. The minimum Gasteiger partial charge on any atom is -0.497 e. The number of nitrogens with zero attached hydrogens (tertiary/aromatic N) is 4. The number of anilines is 1. The van der Waals surface area contributed by atoms with Crippen LogP contribution in [0.1, 0.15) is 22.4 Å². The summed E-state index contributed by atoms with van der Waals surface area (Å²) >= 11 is 6.34. The number of carbonyl (C=O) groups excluding carboxylic acids is 1. The Kier molecular flexibility index (Phi) is 10.7. The predicted molar refractivity (Wildman–Crippen MR) is 189 cm³/mol. The Hall–Kier alpha value is -4.06. The van der Waals surface area contributed by atoms with Crippen molar-refractivity contribution >= 4 is 42.7 Å². The zero-order valence-corrected chi connectivity index (χ0v) is 29.9. The van der Waals surface area contributed by atoms with Gasteiger partial charge < -0.3 is 19.1 Å². The number of rotatable bonds is 13. The van der Waals surface area contributed by atoms with Crippen LogP contribution in [0, 0.1) is 6.92 Å². The number of pyridine rings is 1. The Labute approximate surface area is 286 Å². The van der Waals surface area contributed by atoms with E-state index >= 15 is 8.78 Å². The first-order chi connectivity index (χ1) is 22.8. The third kappa shape index (κ3) is 8.14. The van der Waals surface area contributed by atoms with E-state index in [1.54, 1.807) is 20.3 Å². The number of aliphatic imine (C=N–C) groups is 1. The summed E-state index contributed by atoms with van der Waals surface area (Å²) in [5, 5.41) is -3.14. The van der Waals surface area contributed by atoms with Gasteiger partial charge in [0, 0.05) is 33.3 Å². The van der Waals surface area contributed by atoms with Crippen LogP contribution < -0.4 is 14.4 Å². The molecule has 1 aromatic heterocycles. The number of allylic oxidation sites excluding steroid dienone is 3. The Morgan fingerprint density at radius 1 is 0.979 bits per heavy atom. The van der Waals surface area contributed by atoms with Gasteiger partial charge >= 0.3 is 0 Å². The van der Waals surface area contributed by atoms with E-state index in [0.29, 0.717) is 25.5 Å². The minimum absolute atomic E-state index is 0.0259. The second-order valence-electron chi connectivity index (χ2n) is 13.1. The van der Waals surface area contributed by atoms with Crippen LogP contribution in [0.2, 0.25) is 25.7 Å². The van der Waals surface area contributed by atoms with Gasteiger partial charge in [0.15, 0.2) is 5.83 Å². The largest absolute Gasteiger partial charge is 0.497 e. The van der Waals surface area contributed by atoms with E-state index < -0.39 is 30.5 Å². The van der Waals surface area contributed by atoms with Gasteiger partial charge in [0.1, 0.15) is 36.3 Å². The molecule has 1 amide bonds. The molecule has 8 nitrogen and oxygen atoms in total. The number of hydrogen-bond acceptors (Lipinski definition) is 7. The highest BCUT2D eigenvalue weighted by Gasteiger charge is 2.48. The molecule has 12 heteroatoms. The highest BCUT2D eigenvalue weighted by atomic mass is 35.5. The molecule has 2 aliphatic rings. The number of aromatic nitrogens is 1. The van der Waals surface area contributed by atoms with Crippen molar-refractivity contribution in [3.8, 4) is 11.5 Å². The normalized spacial score (nSPS) is 17.9. The molecule has 1 atom stereocenters. The second kappa shape index (κ2) is 14.6. The van der Waals surface area contributed by atoms with E-state index in [1.165, 1.54) is 11.0 Å². The highest BCUT2D eigenvalue weighted by molar-refractivity contribution is 6.76. The van der Waals surface area contributed by atoms with Gasteiger partial charge in [-0.15, -0.1) is 0 Å². The molecule has 0 bridgehead atoms. The first kappa shape index (κ1) is 35.2. The summed E-state index contributed by atoms with van der Waals surface area (Å²) in [6.45, 7) is 9.78. The number of halogens is 3. The summed E-state index contributed by atoms with van der Waals surface area (Å²) in [5.41, 5.74) is 2.19. The van der Waals surface area contributed by atoms with Gasteiger partial charge in [0.05, 0.1) is 25.6 Å². The fourth-order valence-corrected chi connectivity index (χ4v) is 6.36. The quantitative estimate of drug-likeness (QED) is 0.104. The van der Waals surface area contributed by atoms with E-state index in [1.807, 2.05) is 66.4 Å². The van der Waals surface area contributed by atoms with Crippen molar-refractivity contribution in [3.63, 3.8) is 0 Å². The van der Waals surface area contributed by atoms with Gasteiger partial charge in [-0.25, -0.2) is 13.8 Å². The molecule has 0 saturated carbocycles. The van der Waals surface area contributed by atoms with Crippen LogP contribution in [-0.2, 0) is 22.6 Å². The van der Waals surface area contributed by atoms with Crippen molar-refractivity contribution < 1.29 is 27.8 Å². The summed E-state index contributed by atoms with van der Waals surface area (Å²) in [4.78, 5) is 25.8. The predicted octanol–water partition coefficient (Wildman–Crippen LogP) is 7.69. The van der Waals surface area contributed by atoms with Crippen LogP contribution in [-0.4, -0.2) is 68.9 Å². The Balaban J connectivity index is 1.46. The summed E-state index contributed by atoms with van der Waals surface area (Å²) in [5.74, 6) is -0.123. The zero-order valence-electron chi connectivity index (χ0n) is 28.1. The molecular formula is C36H41ClF2N4O4Si. The summed E-state index contributed by atoms with van der Waals surface area (Å²) < 4.78 is 48.7. The lowest BCUT2D eigenvalue weighted by atomic mass is 9.90. The first-order valence-corrected chi connectivity index (χ1v) is 19.8. The van der Waals surface area contributed by atoms with E-state index in [9.17, 15) is 4.79 Å². The topological polar surface area (TPSA) is 76.5 Å². The maximum absolute atomic E-state index is 16.4. The van der Waals surface area contributed by atoms with Gasteiger partial charge in [0.2, 0.25) is 0 Å². The lowest BCUT2D eigenvalue weighted by molar-refractivity contribution is -0.132. The van der Waals surface area contributed by atoms with Crippen LogP contribution in [0.4, 0.5) is 14.6 Å². The van der Waals surface area contributed by atoms with Crippen LogP contribution >= 0.6 is 11.6 Å². The lowest BCUT2D eigenvalue weighted by Gasteiger charge is -2.32. The number of alkyl halides is 2. The van der Waals surface area contributed by atoms with E-state index in [0.717, 1.165) is 34.2 Å². The van der Waals surface area contributed by atoms with E-state index in [2.05, 4.69) is 24.6 Å². The maximum atomic E-state index is 16.4. The molecule has 5 rings (SSSR count). The standard InChI is InChI=1S/C36H41ClF2N4O4Si/c1-24-17-30(29-19-31-33(34(38)36(29,37)39)35(44)43(22-40-31)23-47-15-16-48(4,5)6)41-32(18-24)42(20-25-7-11-27(45-2)12-8-25)21-26-9-13-28(46-3)14-10-26/h7-14,17-19H,15-16,20-23H2,1-6H3. The summed E-state index contributed by atoms with van der Waals surface area (Å²) in [6, 6.07) is 19.8. The third-order valence-corrected chi connectivity index (χ3v) is 10.2. The van der Waals surface area contributed by atoms with E-state index in [4.69, 9.17) is 30.8 Å². The summed E-state index contributed by atoms with van der Waals surface area (Å²) in [7, 11) is 1.89. The molecule has 3 aromatic rings. The molecular weight excluding hydrogens is 654 g/mol. The van der Waals surface area contributed by atoms with Crippen molar-refractivity contribution in [3.05, 3.63) is 101 Å². The molecule has 0 N–H and O–H groups in total. The smallest absolute Gasteiger partial charge is 0.263 e. The fourth-order valence-electron chi connectivity index (χ4n) is 5.36. The molecule has 2 heterocycles. The number of ether oxygens (including phenoxy) is 3. The number of amides is 1. The molecule has 254 valence electrons. The molecule has 0 spiro atoms. The van der Waals surface area contributed by atoms with Crippen LogP contribution in [0.3, 0.4) is 0 Å². The Morgan fingerprint density at radius 2 is 1.56 bits per heavy atom. The molecule has 1 unspecified atom stereocenters. The highest BCUT2D eigenvalue weighted by Crippen LogP contribution is 2.47. The minimum atomic E-state index is -3.14. The maximum Gasteiger partial charge on any atom is 0.263 e. The molecule has 0 saturated heterocycles. The molecule has 1 aliphatic carbocycles. The van der Waals surface area contributed by atoms with Crippen LogP contribution in [0.15, 0.2) is 83.1 Å². The average molecular weight is 695 g/mol. The number of fused-ring (bicyclic) bond motifs is 1. The van der Waals surface area contributed by atoms with Crippen molar-refractivity contribution in [1.29, 1.82) is 0 Å². The number of carbonyl (C=O) groups is 1. The Morgan fingerprint density at radius 3 is 2.10 bits per heavy atom.